The maximum atomic E-state index is 12.5. The van der Waals surface area contributed by atoms with Gasteiger partial charge in [0.05, 0.1) is 11.6 Å². The molecule has 1 aromatic heterocycles. The molecular weight excluding hydrogens is 380 g/mol. The number of hydrogen-bond donors (Lipinski definition) is 2. The van der Waals surface area contributed by atoms with Crippen molar-refractivity contribution >= 4 is 43.4 Å². The van der Waals surface area contributed by atoms with Gasteiger partial charge in [0.1, 0.15) is 4.90 Å². The molecule has 0 aliphatic heterocycles. The van der Waals surface area contributed by atoms with Crippen LogP contribution < -0.4 is 4.72 Å². The Morgan fingerprint density at radius 3 is 2.76 bits per heavy atom. The number of rotatable bonds is 4. The highest BCUT2D eigenvalue weighted by molar-refractivity contribution is 9.10. The van der Waals surface area contributed by atoms with Crippen molar-refractivity contribution in [2.75, 3.05) is 4.72 Å². The quantitative estimate of drug-likeness (QED) is 0.839. The molecule has 8 heteroatoms. The Labute approximate surface area is 136 Å². The van der Waals surface area contributed by atoms with Gasteiger partial charge in [0, 0.05) is 10.7 Å². The van der Waals surface area contributed by atoms with Gasteiger partial charge in [0.15, 0.2) is 5.82 Å². The summed E-state index contributed by atoms with van der Waals surface area (Å²) in [5.74, 6) is 0.0538. The van der Waals surface area contributed by atoms with E-state index in [0.717, 1.165) is 0 Å². The molecule has 21 heavy (non-hydrogen) atoms. The highest BCUT2D eigenvalue weighted by Crippen LogP contribution is 2.29. The number of benzene rings is 1. The molecular formula is C13H12BrClN2O3S. The predicted molar refractivity (Wildman–Crippen MR) is 84.9 cm³/mol. The van der Waals surface area contributed by atoms with Crippen molar-refractivity contribution in [3.05, 3.63) is 51.1 Å². The topological polar surface area (TPSA) is 79.3 Å². The molecule has 0 saturated heterocycles. The van der Waals surface area contributed by atoms with E-state index in [9.17, 15) is 13.5 Å². The minimum absolute atomic E-state index is 0.0215. The van der Waals surface area contributed by atoms with Crippen LogP contribution in [0, 0.1) is 6.92 Å². The molecule has 1 aromatic carbocycles. The first kappa shape index (κ1) is 16.2. The first-order chi connectivity index (χ1) is 9.85. The molecule has 0 bridgehead atoms. The van der Waals surface area contributed by atoms with E-state index in [1.165, 1.54) is 18.3 Å². The molecule has 0 unspecified atom stereocenters. The summed E-state index contributed by atoms with van der Waals surface area (Å²) in [4.78, 5) is 3.92. The normalized spacial score (nSPS) is 11.4. The molecule has 0 amide bonds. The zero-order valence-corrected chi connectivity index (χ0v) is 14.1. The maximum Gasteiger partial charge on any atom is 0.264 e. The van der Waals surface area contributed by atoms with Crippen LogP contribution in [0.4, 0.5) is 5.82 Å². The van der Waals surface area contributed by atoms with Gasteiger partial charge >= 0.3 is 0 Å². The molecule has 0 spiro atoms. The minimum Gasteiger partial charge on any atom is -0.392 e. The fourth-order valence-corrected chi connectivity index (χ4v) is 4.06. The Hall–Kier alpha value is -1.15. The molecule has 0 fully saturated rings. The van der Waals surface area contributed by atoms with Crippen LogP contribution in [0.3, 0.4) is 0 Å². The number of aryl methyl sites for hydroxylation is 1. The van der Waals surface area contributed by atoms with Gasteiger partial charge in [0.25, 0.3) is 10.0 Å². The van der Waals surface area contributed by atoms with Crippen LogP contribution in [0.1, 0.15) is 11.1 Å². The number of anilines is 1. The van der Waals surface area contributed by atoms with E-state index in [0.29, 0.717) is 15.6 Å². The lowest BCUT2D eigenvalue weighted by molar-refractivity contribution is 0.281. The van der Waals surface area contributed by atoms with Crippen LogP contribution in [0.2, 0.25) is 5.02 Å². The van der Waals surface area contributed by atoms with Crippen molar-refractivity contribution in [3.8, 4) is 0 Å². The van der Waals surface area contributed by atoms with E-state index < -0.39 is 10.0 Å². The number of sulfonamides is 1. The van der Waals surface area contributed by atoms with Crippen molar-refractivity contribution in [1.29, 1.82) is 0 Å². The summed E-state index contributed by atoms with van der Waals surface area (Å²) in [5, 5.41) is 9.41. The van der Waals surface area contributed by atoms with E-state index in [4.69, 9.17) is 11.6 Å². The molecule has 2 aromatic rings. The molecule has 2 N–H and O–H groups in total. The summed E-state index contributed by atoms with van der Waals surface area (Å²) in [6.07, 6.45) is 1.44. The Balaban J connectivity index is 2.50. The lowest BCUT2D eigenvalue weighted by Crippen LogP contribution is -2.15. The number of aromatic nitrogens is 1. The van der Waals surface area contributed by atoms with Crippen LogP contribution in [0.5, 0.6) is 0 Å². The Kier molecular flexibility index (Phi) is 4.88. The minimum atomic E-state index is -3.88. The van der Waals surface area contributed by atoms with Gasteiger partial charge in [-0.15, -0.1) is 0 Å². The second kappa shape index (κ2) is 6.31. The van der Waals surface area contributed by atoms with E-state index >= 15 is 0 Å². The molecule has 2 rings (SSSR count). The third-order valence-corrected chi connectivity index (χ3v) is 5.73. The lowest BCUT2D eigenvalue weighted by atomic mass is 10.1. The number of nitrogens with zero attached hydrogens (tertiary/aromatic N) is 1. The van der Waals surface area contributed by atoms with Gasteiger partial charge in [-0.3, -0.25) is 4.72 Å². The summed E-state index contributed by atoms with van der Waals surface area (Å²) >= 11 is 9.16. The van der Waals surface area contributed by atoms with Crippen LogP contribution in [0.25, 0.3) is 0 Å². The summed E-state index contributed by atoms with van der Waals surface area (Å²) in [6, 6.07) is 6.25. The largest absolute Gasteiger partial charge is 0.392 e. The van der Waals surface area contributed by atoms with Gasteiger partial charge in [-0.2, -0.15) is 0 Å². The summed E-state index contributed by atoms with van der Waals surface area (Å²) < 4.78 is 27.7. The molecule has 0 aliphatic rings. The highest BCUT2D eigenvalue weighted by atomic mass is 79.9. The summed E-state index contributed by atoms with van der Waals surface area (Å²) in [5.41, 5.74) is 1.21. The van der Waals surface area contributed by atoms with Crippen molar-refractivity contribution in [2.24, 2.45) is 0 Å². The van der Waals surface area contributed by atoms with Gasteiger partial charge in [0.2, 0.25) is 0 Å². The zero-order valence-electron chi connectivity index (χ0n) is 11.0. The SMILES string of the molecule is Cc1cc(CO)cc(S(=O)(=O)Nc2ncccc2Cl)c1Br. The third kappa shape index (κ3) is 3.55. The second-order valence-electron chi connectivity index (χ2n) is 4.32. The fourth-order valence-electron chi connectivity index (χ4n) is 1.74. The van der Waals surface area contributed by atoms with Crippen molar-refractivity contribution in [1.82, 2.24) is 4.98 Å². The average molecular weight is 392 g/mol. The van der Waals surface area contributed by atoms with E-state index in [1.807, 2.05) is 0 Å². The number of halogens is 2. The van der Waals surface area contributed by atoms with Crippen LogP contribution in [-0.2, 0) is 16.6 Å². The zero-order chi connectivity index (χ0) is 15.6. The lowest BCUT2D eigenvalue weighted by Gasteiger charge is -2.12. The number of hydrogen-bond acceptors (Lipinski definition) is 4. The van der Waals surface area contributed by atoms with Gasteiger partial charge in [-0.25, -0.2) is 13.4 Å². The molecule has 0 aliphatic carbocycles. The van der Waals surface area contributed by atoms with Crippen LogP contribution >= 0.6 is 27.5 Å². The van der Waals surface area contributed by atoms with Crippen LogP contribution in [-0.4, -0.2) is 18.5 Å². The molecule has 5 nitrogen and oxygen atoms in total. The summed E-state index contributed by atoms with van der Waals surface area (Å²) in [7, 11) is -3.88. The van der Waals surface area contributed by atoms with Gasteiger partial charge in [-0.1, -0.05) is 17.7 Å². The van der Waals surface area contributed by atoms with E-state index in [-0.39, 0.29) is 22.3 Å². The first-order valence-corrected chi connectivity index (χ1v) is 8.54. The van der Waals surface area contributed by atoms with Gasteiger partial charge in [-0.05, 0) is 52.2 Å². The molecule has 0 saturated carbocycles. The molecule has 0 atom stereocenters. The van der Waals surface area contributed by atoms with Crippen LogP contribution in [0.15, 0.2) is 39.8 Å². The van der Waals surface area contributed by atoms with Crippen molar-refractivity contribution in [2.45, 2.75) is 18.4 Å². The average Bonchev–Trinajstić information content (AvgIpc) is 2.43. The Morgan fingerprint density at radius 1 is 1.43 bits per heavy atom. The molecule has 1 heterocycles. The maximum absolute atomic E-state index is 12.5. The standard InChI is InChI=1S/C13H12BrClN2O3S/c1-8-5-9(7-18)6-11(12(8)14)21(19,20)17-13-10(15)3-2-4-16-13/h2-6,18H,7H2,1H3,(H,16,17). The smallest absolute Gasteiger partial charge is 0.264 e. The monoisotopic (exact) mass is 390 g/mol. The molecule has 112 valence electrons. The van der Waals surface area contributed by atoms with E-state index in [1.54, 1.807) is 19.1 Å². The summed E-state index contributed by atoms with van der Waals surface area (Å²) in [6.45, 7) is 1.50. The highest BCUT2D eigenvalue weighted by Gasteiger charge is 2.21. The third-order valence-electron chi connectivity index (χ3n) is 2.74. The number of aliphatic hydroxyl groups is 1. The predicted octanol–water partition coefficient (Wildman–Crippen LogP) is 3.10. The Morgan fingerprint density at radius 2 is 2.14 bits per heavy atom. The number of pyridine rings is 1. The van der Waals surface area contributed by atoms with E-state index in [2.05, 4.69) is 25.6 Å². The van der Waals surface area contributed by atoms with Crippen molar-refractivity contribution < 1.29 is 13.5 Å². The van der Waals surface area contributed by atoms with Gasteiger partial charge < -0.3 is 5.11 Å². The Bertz CT molecular complexity index is 781. The number of nitrogens with one attached hydrogen (secondary N) is 1. The molecule has 0 radical (unpaired) electrons. The first-order valence-electron chi connectivity index (χ1n) is 5.88. The fraction of sp³-hybridized carbons (Fsp3) is 0.154. The second-order valence-corrected chi connectivity index (χ2v) is 7.17. The number of aliphatic hydroxyl groups excluding tert-OH is 1. The van der Waals surface area contributed by atoms with Crippen molar-refractivity contribution in [3.63, 3.8) is 0 Å².